The number of carbonyl (C=O) groups excluding carboxylic acids is 1. The molecule has 1 saturated heterocycles. The van der Waals surface area contributed by atoms with Gasteiger partial charge in [-0.2, -0.15) is 0 Å². The van der Waals surface area contributed by atoms with Crippen molar-refractivity contribution in [3.05, 3.63) is 94.0 Å². The predicted octanol–water partition coefficient (Wildman–Crippen LogP) is 4.08. The third kappa shape index (κ3) is 4.30. The predicted molar refractivity (Wildman–Crippen MR) is 126 cm³/mol. The van der Waals surface area contributed by atoms with Crippen LogP contribution in [-0.4, -0.2) is 42.3 Å². The number of hydrogen-bond donors (Lipinski definition) is 0. The summed E-state index contributed by atoms with van der Waals surface area (Å²) in [4.78, 5) is 23.5. The number of piperidine rings is 1. The van der Waals surface area contributed by atoms with Crippen LogP contribution in [0.15, 0.2) is 71.5 Å². The van der Waals surface area contributed by atoms with E-state index < -0.39 is 9.84 Å². The van der Waals surface area contributed by atoms with Crippen molar-refractivity contribution in [2.75, 3.05) is 13.1 Å². The van der Waals surface area contributed by atoms with Gasteiger partial charge in [0.15, 0.2) is 9.84 Å². The summed E-state index contributed by atoms with van der Waals surface area (Å²) in [5, 5.41) is 0.386. The first-order chi connectivity index (χ1) is 15.9. The fraction of sp³-hybridized carbons (Fsp3) is 0.240. The smallest absolute Gasteiger partial charge is 0.227 e. The van der Waals surface area contributed by atoms with Gasteiger partial charge in [0.1, 0.15) is 0 Å². The molecule has 0 aliphatic carbocycles. The molecule has 0 radical (unpaired) electrons. The maximum atomic E-state index is 13.2. The van der Waals surface area contributed by atoms with E-state index in [0.717, 1.165) is 16.7 Å². The Hall–Kier alpha value is -3.03. The number of aromatic nitrogens is 2. The average molecular weight is 480 g/mol. The summed E-state index contributed by atoms with van der Waals surface area (Å²) in [7, 11) is -3.57. The minimum atomic E-state index is -3.57. The van der Waals surface area contributed by atoms with E-state index in [1.165, 1.54) is 6.07 Å². The highest BCUT2D eigenvalue weighted by Gasteiger charge is 2.32. The van der Waals surface area contributed by atoms with Gasteiger partial charge in [0.05, 0.1) is 22.8 Å². The zero-order valence-electron chi connectivity index (χ0n) is 17.9. The number of nitrogens with zero attached hydrogens (tertiary/aromatic N) is 3. The van der Waals surface area contributed by atoms with Crippen LogP contribution in [0.4, 0.5) is 0 Å². The number of carbonyl (C=O) groups is 1. The van der Waals surface area contributed by atoms with Crippen molar-refractivity contribution in [2.45, 2.75) is 29.9 Å². The molecule has 2 aliphatic heterocycles. The van der Waals surface area contributed by atoms with Gasteiger partial charge in [0.25, 0.3) is 0 Å². The molecular formula is C25H22ClN3O3S. The molecule has 0 atom stereocenters. The van der Waals surface area contributed by atoms with Crippen LogP contribution in [0.2, 0.25) is 5.02 Å². The first-order valence-corrected chi connectivity index (χ1v) is 12.8. The Kier molecular flexibility index (Phi) is 5.76. The Bertz CT molecular complexity index is 1360. The topological polar surface area (TPSA) is 80.2 Å². The van der Waals surface area contributed by atoms with E-state index in [9.17, 15) is 13.2 Å². The highest BCUT2D eigenvalue weighted by Crippen LogP contribution is 2.41. The van der Waals surface area contributed by atoms with Crippen molar-refractivity contribution in [3.8, 4) is 0 Å². The molecule has 0 spiro atoms. The molecule has 1 amide bonds. The monoisotopic (exact) mass is 479 g/mol. The Balaban J connectivity index is 1.51. The number of likely N-dealkylation sites (tertiary alicyclic amines) is 1. The lowest BCUT2D eigenvalue weighted by atomic mass is 9.89. The van der Waals surface area contributed by atoms with Crippen LogP contribution < -0.4 is 0 Å². The highest BCUT2D eigenvalue weighted by molar-refractivity contribution is 7.90. The molecule has 6 nitrogen and oxygen atoms in total. The minimum Gasteiger partial charge on any atom is -0.342 e. The van der Waals surface area contributed by atoms with Crippen LogP contribution >= 0.6 is 11.6 Å². The number of fused-ring (bicyclic) bond motifs is 2. The summed E-state index contributed by atoms with van der Waals surface area (Å²) in [6.45, 7) is 1.17. The van der Waals surface area contributed by atoms with Crippen LogP contribution in [0, 0.1) is 0 Å². The Morgan fingerprint density at radius 2 is 1.79 bits per heavy atom. The number of sulfone groups is 1. The van der Waals surface area contributed by atoms with Crippen molar-refractivity contribution >= 4 is 32.9 Å². The standard InChI is InChI=1S/C25H22ClN3O3S/c26-20-3-4-21-22(15-20)33(31,32)16-19-2-1-9-28-25(19)24(21)18-7-12-29(13-8-18)23(30)14-17-5-10-27-11-6-17/h1-6,9-11,15H,7-8,12-14,16H2. The molecule has 1 fully saturated rings. The molecule has 33 heavy (non-hydrogen) atoms. The lowest BCUT2D eigenvalue weighted by Crippen LogP contribution is -2.37. The van der Waals surface area contributed by atoms with Gasteiger partial charge in [-0.05, 0) is 54.3 Å². The van der Waals surface area contributed by atoms with Crippen LogP contribution in [0.25, 0.3) is 5.57 Å². The van der Waals surface area contributed by atoms with Gasteiger partial charge in [-0.3, -0.25) is 14.8 Å². The molecular weight excluding hydrogens is 458 g/mol. The maximum absolute atomic E-state index is 13.2. The molecule has 8 heteroatoms. The number of amides is 1. The molecule has 0 unspecified atom stereocenters. The molecule has 2 aliphatic rings. The van der Waals surface area contributed by atoms with Crippen LogP contribution in [0.1, 0.15) is 35.2 Å². The van der Waals surface area contributed by atoms with Gasteiger partial charge in [-0.25, -0.2) is 8.42 Å². The number of hydrogen-bond acceptors (Lipinski definition) is 5. The molecule has 5 rings (SSSR count). The third-order valence-electron chi connectivity index (χ3n) is 6.20. The van der Waals surface area contributed by atoms with Crippen LogP contribution in [-0.2, 0) is 26.8 Å². The second-order valence-electron chi connectivity index (χ2n) is 8.30. The van der Waals surface area contributed by atoms with E-state index in [0.29, 0.717) is 54.2 Å². The number of pyridine rings is 2. The van der Waals surface area contributed by atoms with Crippen molar-refractivity contribution in [3.63, 3.8) is 0 Å². The lowest BCUT2D eigenvalue weighted by Gasteiger charge is -2.30. The number of rotatable bonds is 2. The van der Waals surface area contributed by atoms with Crippen LogP contribution in [0.3, 0.4) is 0 Å². The fourth-order valence-electron chi connectivity index (χ4n) is 4.57. The van der Waals surface area contributed by atoms with E-state index in [1.54, 1.807) is 36.8 Å². The van der Waals surface area contributed by atoms with Gasteiger partial charge in [0, 0.05) is 47.8 Å². The molecule has 0 N–H and O–H groups in total. The van der Waals surface area contributed by atoms with Crippen molar-refractivity contribution in [1.29, 1.82) is 0 Å². The number of benzene rings is 1. The highest BCUT2D eigenvalue weighted by atomic mass is 35.5. The van der Waals surface area contributed by atoms with E-state index >= 15 is 0 Å². The summed E-state index contributed by atoms with van der Waals surface area (Å²) in [6, 6.07) is 12.3. The Morgan fingerprint density at radius 1 is 1.03 bits per heavy atom. The molecule has 1 aromatic carbocycles. The van der Waals surface area contributed by atoms with Crippen molar-refractivity contribution in [1.82, 2.24) is 14.9 Å². The normalized spacial score (nSPS) is 17.2. The first kappa shape index (κ1) is 21.8. The zero-order valence-corrected chi connectivity index (χ0v) is 19.4. The first-order valence-electron chi connectivity index (χ1n) is 10.8. The summed E-state index contributed by atoms with van der Waals surface area (Å²) in [5.74, 6) is -0.0315. The Morgan fingerprint density at radius 3 is 2.55 bits per heavy atom. The summed E-state index contributed by atoms with van der Waals surface area (Å²) >= 11 is 6.18. The van der Waals surface area contributed by atoms with Gasteiger partial charge in [-0.15, -0.1) is 0 Å². The molecule has 4 heterocycles. The molecule has 0 bridgehead atoms. The van der Waals surface area contributed by atoms with Gasteiger partial charge in [0.2, 0.25) is 5.91 Å². The van der Waals surface area contributed by atoms with Gasteiger partial charge in [-0.1, -0.05) is 29.3 Å². The largest absolute Gasteiger partial charge is 0.342 e. The third-order valence-corrected chi connectivity index (χ3v) is 8.13. The summed E-state index contributed by atoms with van der Waals surface area (Å²) in [5.41, 5.74) is 4.95. The second kappa shape index (κ2) is 8.72. The molecule has 0 saturated carbocycles. The van der Waals surface area contributed by atoms with E-state index in [-0.39, 0.29) is 16.6 Å². The molecule has 2 aromatic heterocycles. The van der Waals surface area contributed by atoms with Crippen LogP contribution in [0.5, 0.6) is 0 Å². The zero-order chi connectivity index (χ0) is 23.0. The minimum absolute atomic E-state index is 0.0828. The van der Waals surface area contributed by atoms with Gasteiger partial charge < -0.3 is 4.90 Å². The van der Waals surface area contributed by atoms with E-state index in [4.69, 9.17) is 11.6 Å². The molecule has 168 valence electrons. The maximum Gasteiger partial charge on any atom is 0.227 e. The number of halogens is 1. The SMILES string of the molecule is O=C(Cc1ccncc1)N1CCC(=C2c3ccc(Cl)cc3S(=O)(=O)Cc3cccnc32)CC1. The molecule has 3 aromatic rings. The Labute approximate surface area is 197 Å². The van der Waals surface area contributed by atoms with Gasteiger partial charge >= 0.3 is 0 Å². The van der Waals surface area contributed by atoms with Crippen molar-refractivity contribution < 1.29 is 13.2 Å². The van der Waals surface area contributed by atoms with E-state index in [2.05, 4.69) is 9.97 Å². The lowest BCUT2D eigenvalue weighted by molar-refractivity contribution is -0.130. The average Bonchev–Trinajstić information content (AvgIpc) is 2.91. The van der Waals surface area contributed by atoms with E-state index in [1.807, 2.05) is 23.1 Å². The van der Waals surface area contributed by atoms with Crippen molar-refractivity contribution in [2.24, 2.45) is 0 Å². The summed E-state index contributed by atoms with van der Waals surface area (Å²) in [6.07, 6.45) is 6.75. The second-order valence-corrected chi connectivity index (χ2v) is 10.7. The quantitative estimate of drug-likeness (QED) is 0.553. The summed E-state index contributed by atoms with van der Waals surface area (Å²) < 4.78 is 26.4. The fourth-order valence-corrected chi connectivity index (χ4v) is 6.42.